The highest BCUT2D eigenvalue weighted by atomic mass is 79.9. The van der Waals surface area contributed by atoms with Crippen LogP contribution in [0.25, 0.3) is 0 Å². The zero-order valence-electron chi connectivity index (χ0n) is 10.7. The van der Waals surface area contributed by atoms with Crippen molar-refractivity contribution in [2.24, 2.45) is 5.92 Å². The Morgan fingerprint density at radius 3 is 2.65 bits per heavy atom. The molecule has 1 fully saturated rings. The maximum absolute atomic E-state index is 12.2. The quantitative estimate of drug-likeness (QED) is 0.517. The van der Waals surface area contributed by atoms with E-state index in [1.165, 1.54) is 12.8 Å². The molecule has 1 aromatic rings. The average molecular weight is 428 g/mol. The molecule has 0 heterocycles. The van der Waals surface area contributed by atoms with Crippen molar-refractivity contribution >= 4 is 47.6 Å². The molecule has 1 aliphatic carbocycles. The third kappa shape index (κ3) is 4.42. The molecule has 0 aromatic heterocycles. The van der Waals surface area contributed by atoms with Gasteiger partial charge in [0.05, 0.1) is 12.3 Å². The second-order valence-corrected chi connectivity index (χ2v) is 8.20. The van der Waals surface area contributed by atoms with E-state index in [4.69, 9.17) is 10.5 Å². The minimum atomic E-state index is -3.65. The van der Waals surface area contributed by atoms with Crippen molar-refractivity contribution in [2.45, 2.75) is 17.7 Å². The molecule has 3 N–H and O–H groups in total. The Hall–Kier alpha value is -0.150. The van der Waals surface area contributed by atoms with Crippen molar-refractivity contribution in [3.63, 3.8) is 0 Å². The summed E-state index contributed by atoms with van der Waals surface area (Å²) in [4.78, 5) is 0.0582. The maximum atomic E-state index is 12.2. The molecule has 1 aliphatic rings. The van der Waals surface area contributed by atoms with Gasteiger partial charge < -0.3 is 10.5 Å². The van der Waals surface area contributed by atoms with E-state index in [0.29, 0.717) is 28.1 Å². The second kappa shape index (κ2) is 6.74. The highest BCUT2D eigenvalue weighted by molar-refractivity contribution is 9.11. The first-order valence-corrected chi connectivity index (χ1v) is 9.29. The van der Waals surface area contributed by atoms with E-state index >= 15 is 0 Å². The lowest BCUT2D eigenvalue weighted by molar-refractivity contribution is 0.129. The molecule has 8 heteroatoms. The number of nitrogens with one attached hydrogen (secondary N) is 1. The lowest BCUT2D eigenvalue weighted by Crippen LogP contribution is -2.28. The number of benzene rings is 1. The topological polar surface area (TPSA) is 81.4 Å². The van der Waals surface area contributed by atoms with Gasteiger partial charge in [0.25, 0.3) is 0 Å². The standard InChI is InChI=1S/C12H16Br2N2O3S/c13-9-5-10(14)12(11(15)6-9)20(17,18)16-3-4-19-7-8-1-2-8/h5-6,8,16H,1-4,7,15H2. The van der Waals surface area contributed by atoms with Crippen LogP contribution in [0.5, 0.6) is 0 Å². The van der Waals surface area contributed by atoms with Gasteiger partial charge in [-0.1, -0.05) is 15.9 Å². The van der Waals surface area contributed by atoms with Crippen LogP contribution < -0.4 is 10.5 Å². The van der Waals surface area contributed by atoms with Crippen LogP contribution in [0, 0.1) is 5.92 Å². The van der Waals surface area contributed by atoms with Gasteiger partial charge in [-0.05, 0) is 46.8 Å². The number of hydrogen-bond donors (Lipinski definition) is 2. The zero-order valence-corrected chi connectivity index (χ0v) is 14.7. The van der Waals surface area contributed by atoms with E-state index < -0.39 is 10.0 Å². The Morgan fingerprint density at radius 2 is 2.05 bits per heavy atom. The number of hydrogen-bond acceptors (Lipinski definition) is 4. The molecular weight excluding hydrogens is 412 g/mol. The maximum Gasteiger partial charge on any atom is 0.243 e. The van der Waals surface area contributed by atoms with Gasteiger partial charge in [0, 0.05) is 22.1 Å². The smallest absolute Gasteiger partial charge is 0.243 e. The first-order chi connectivity index (χ1) is 9.40. The summed E-state index contributed by atoms with van der Waals surface area (Å²) in [6.45, 7) is 1.31. The molecule has 0 atom stereocenters. The van der Waals surface area contributed by atoms with E-state index in [2.05, 4.69) is 36.6 Å². The molecule has 1 aromatic carbocycles. The Bertz CT molecular complexity index is 565. The highest BCUT2D eigenvalue weighted by Crippen LogP contribution is 2.31. The van der Waals surface area contributed by atoms with Gasteiger partial charge in [0.2, 0.25) is 10.0 Å². The van der Waals surface area contributed by atoms with Crippen LogP contribution in [0.2, 0.25) is 0 Å². The fourth-order valence-electron chi connectivity index (χ4n) is 1.72. The number of ether oxygens (including phenoxy) is 1. The molecule has 0 saturated heterocycles. The monoisotopic (exact) mass is 426 g/mol. The summed E-state index contributed by atoms with van der Waals surface area (Å²) in [5, 5.41) is 0. The van der Waals surface area contributed by atoms with E-state index in [1.54, 1.807) is 12.1 Å². The summed E-state index contributed by atoms with van der Waals surface area (Å²) >= 11 is 6.48. The molecule has 2 rings (SSSR count). The third-order valence-corrected chi connectivity index (χ3v) is 5.82. The summed E-state index contributed by atoms with van der Waals surface area (Å²) < 4.78 is 33.4. The molecule has 112 valence electrons. The van der Waals surface area contributed by atoms with Crippen molar-refractivity contribution in [3.8, 4) is 0 Å². The third-order valence-electron chi connectivity index (χ3n) is 2.89. The molecule has 0 amide bonds. The fraction of sp³-hybridized carbons (Fsp3) is 0.500. The summed E-state index contributed by atoms with van der Waals surface area (Å²) in [6, 6.07) is 3.21. The SMILES string of the molecule is Nc1cc(Br)cc(Br)c1S(=O)(=O)NCCOCC1CC1. The molecule has 5 nitrogen and oxygen atoms in total. The average Bonchev–Trinajstić information content (AvgIpc) is 3.10. The van der Waals surface area contributed by atoms with Gasteiger partial charge in [-0.15, -0.1) is 0 Å². The summed E-state index contributed by atoms with van der Waals surface area (Å²) in [5.41, 5.74) is 5.97. The minimum Gasteiger partial charge on any atom is -0.398 e. The van der Waals surface area contributed by atoms with Crippen LogP contribution in [0.15, 0.2) is 26.0 Å². The Labute approximate surface area is 135 Å². The van der Waals surface area contributed by atoms with Crippen molar-refractivity contribution < 1.29 is 13.2 Å². The molecule has 0 bridgehead atoms. The van der Waals surface area contributed by atoms with E-state index in [1.807, 2.05) is 0 Å². The lowest BCUT2D eigenvalue weighted by atomic mass is 10.3. The van der Waals surface area contributed by atoms with Crippen molar-refractivity contribution in [2.75, 3.05) is 25.5 Å². The largest absolute Gasteiger partial charge is 0.398 e. The Kier molecular flexibility index (Phi) is 5.47. The van der Waals surface area contributed by atoms with Gasteiger partial charge >= 0.3 is 0 Å². The number of nitrogen functional groups attached to an aromatic ring is 1. The predicted molar refractivity (Wildman–Crippen MR) is 85.0 cm³/mol. The van der Waals surface area contributed by atoms with Gasteiger partial charge in [-0.25, -0.2) is 13.1 Å². The summed E-state index contributed by atoms with van der Waals surface area (Å²) in [5.74, 6) is 0.669. The van der Waals surface area contributed by atoms with E-state index in [0.717, 1.165) is 0 Å². The minimum absolute atomic E-state index is 0.0582. The summed E-state index contributed by atoms with van der Waals surface area (Å²) in [6.07, 6.45) is 2.43. The van der Waals surface area contributed by atoms with Crippen molar-refractivity contribution in [1.29, 1.82) is 0 Å². The zero-order chi connectivity index (χ0) is 14.8. The van der Waals surface area contributed by atoms with E-state index in [-0.39, 0.29) is 17.1 Å². The van der Waals surface area contributed by atoms with Crippen LogP contribution in [-0.2, 0) is 14.8 Å². The highest BCUT2D eigenvalue weighted by Gasteiger charge is 2.22. The van der Waals surface area contributed by atoms with Crippen LogP contribution >= 0.6 is 31.9 Å². The normalized spacial score (nSPS) is 15.5. The Morgan fingerprint density at radius 1 is 1.35 bits per heavy atom. The van der Waals surface area contributed by atoms with Crippen LogP contribution in [-0.4, -0.2) is 28.2 Å². The molecular formula is C12H16Br2N2O3S. The predicted octanol–water partition coefficient (Wildman–Crippen LogP) is 2.50. The Balaban J connectivity index is 1.95. The fourth-order valence-corrected chi connectivity index (χ4v) is 4.80. The number of sulfonamides is 1. The lowest BCUT2D eigenvalue weighted by Gasteiger charge is -2.11. The van der Waals surface area contributed by atoms with Crippen LogP contribution in [0.4, 0.5) is 5.69 Å². The van der Waals surface area contributed by atoms with Crippen molar-refractivity contribution in [3.05, 3.63) is 21.1 Å². The van der Waals surface area contributed by atoms with Gasteiger partial charge in [0.15, 0.2) is 0 Å². The summed E-state index contributed by atoms with van der Waals surface area (Å²) in [7, 11) is -3.65. The molecule has 0 spiro atoms. The molecule has 0 unspecified atom stereocenters. The van der Waals surface area contributed by atoms with Gasteiger partial charge in [-0.2, -0.15) is 0 Å². The second-order valence-electron chi connectivity index (χ2n) is 4.72. The number of anilines is 1. The van der Waals surface area contributed by atoms with Crippen LogP contribution in [0.1, 0.15) is 12.8 Å². The molecule has 0 aliphatic heterocycles. The first-order valence-electron chi connectivity index (χ1n) is 6.22. The number of halogens is 2. The van der Waals surface area contributed by atoms with Crippen molar-refractivity contribution in [1.82, 2.24) is 4.72 Å². The van der Waals surface area contributed by atoms with Crippen LogP contribution in [0.3, 0.4) is 0 Å². The molecule has 0 radical (unpaired) electrons. The van der Waals surface area contributed by atoms with Gasteiger partial charge in [0.1, 0.15) is 4.90 Å². The molecule has 1 saturated carbocycles. The van der Waals surface area contributed by atoms with Gasteiger partial charge in [-0.3, -0.25) is 0 Å². The molecule has 20 heavy (non-hydrogen) atoms. The first kappa shape index (κ1) is 16.2. The number of nitrogens with two attached hydrogens (primary N) is 1. The van der Waals surface area contributed by atoms with E-state index in [9.17, 15) is 8.42 Å². The number of rotatable bonds is 7.